The van der Waals surface area contributed by atoms with Crippen LogP contribution >= 0.6 is 11.3 Å². The van der Waals surface area contributed by atoms with Crippen LogP contribution in [0.1, 0.15) is 12.0 Å². The smallest absolute Gasteiger partial charge is 0.223 e. The number of amides is 1. The van der Waals surface area contributed by atoms with E-state index < -0.39 is 0 Å². The first-order chi connectivity index (χ1) is 7.79. The first kappa shape index (κ1) is 11.0. The zero-order valence-electron chi connectivity index (χ0n) is 8.74. The van der Waals surface area contributed by atoms with E-state index >= 15 is 0 Å². The van der Waals surface area contributed by atoms with Crippen molar-refractivity contribution < 1.29 is 4.79 Å². The minimum Gasteiger partial charge on any atom is -0.338 e. The lowest BCUT2D eigenvalue weighted by Crippen LogP contribution is -2.24. The fraction of sp³-hybridized carbons (Fsp3) is 0.500. The molecule has 0 bridgehead atoms. The van der Waals surface area contributed by atoms with Crippen molar-refractivity contribution in [2.45, 2.75) is 13.0 Å². The number of nitrogens with zero attached hydrogens (tertiary/aromatic N) is 4. The van der Waals surface area contributed by atoms with Crippen molar-refractivity contribution in [3.63, 3.8) is 0 Å². The van der Waals surface area contributed by atoms with Gasteiger partial charge in [-0.05, 0) is 33.8 Å². The summed E-state index contributed by atoms with van der Waals surface area (Å²) in [4.78, 5) is 16.2. The van der Waals surface area contributed by atoms with E-state index in [1.54, 1.807) is 11.3 Å². The Morgan fingerprint density at radius 2 is 2.56 bits per heavy atom. The summed E-state index contributed by atoms with van der Waals surface area (Å²) in [5.41, 5.74) is 9.40. The lowest BCUT2D eigenvalue weighted by Gasteiger charge is -2.15. The summed E-state index contributed by atoms with van der Waals surface area (Å²) >= 11 is 1.63. The van der Waals surface area contributed by atoms with Crippen LogP contribution in [0.4, 0.5) is 0 Å². The second kappa shape index (κ2) is 5.01. The summed E-state index contributed by atoms with van der Waals surface area (Å²) in [5, 5.41) is 7.58. The van der Waals surface area contributed by atoms with Crippen LogP contribution in [-0.4, -0.2) is 23.9 Å². The van der Waals surface area contributed by atoms with Crippen LogP contribution in [0.2, 0.25) is 0 Å². The van der Waals surface area contributed by atoms with E-state index in [0.717, 1.165) is 0 Å². The standard InChI is InChI=1S/C10H12N4OS/c11-13-12-4-9-3-10(15)14(6-9)5-8-1-2-16-7-8/h1-2,7,9H,3-6H2. The van der Waals surface area contributed by atoms with E-state index in [0.29, 0.717) is 26.1 Å². The highest BCUT2D eigenvalue weighted by Crippen LogP contribution is 2.21. The first-order valence-corrected chi connectivity index (χ1v) is 6.03. The number of hydrogen-bond acceptors (Lipinski definition) is 3. The van der Waals surface area contributed by atoms with Crippen LogP contribution in [0.15, 0.2) is 21.9 Å². The second-order valence-electron chi connectivity index (χ2n) is 3.89. The van der Waals surface area contributed by atoms with Gasteiger partial charge in [-0.15, -0.1) is 0 Å². The van der Waals surface area contributed by atoms with Gasteiger partial charge in [0, 0.05) is 31.0 Å². The second-order valence-corrected chi connectivity index (χ2v) is 4.67. The molecule has 0 spiro atoms. The van der Waals surface area contributed by atoms with E-state index in [4.69, 9.17) is 5.53 Å². The van der Waals surface area contributed by atoms with Crippen molar-refractivity contribution in [3.05, 3.63) is 32.8 Å². The van der Waals surface area contributed by atoms with E-state index in [-0.39, 0.29) is 11.8 Å². The van der Waals surface area contributed by atoms with Crippen molar-refractivity contribution in [3.8, 4) is 0 Å². The number of carbonyl (C=O) groups is 1. The fourth-order valence-corrected chi connectivity index (χ4v) is 2.54. The average molecular weight is 236 g/mol. The third-order valence-corrected chi connectivity index (χ3v) is 3.38. The van der Waals surface area contributed by atoms with Gasteiger partial charge in [0.15, 0.2) is 0 Å². The third-order valence-electron chi connectivity index (χ3n) is 2.65. The Morgan fingerprint density at radius 1 is 1.69 bits per heavy atom. The molecule has 1 aliphatic rings. The van der Waals surface area contributed by atoms with Gasteiger partial charge in [0.05, 0.1) is 0 Å². The Labute approximate surface area is 97.3 Å². The fourth-order valence-electron chi connectivity index (χ4n) is 1.88. The van der Waals surface area contributed by atoms with Gasteiger partial charge in [-0.25, -0.2) is 0 Å². The van der Waals surface area contributed by atoms with Crippen LogP contribution in [0.25, 0.3) is 10.4 Å². The summed E-state index contributed by atoms with van der Waals surface area (Å²) in [6.45, 7) is 1.80. The molecular formula is C10H12N4OS. The number of azide groups is 1. The highest BCUT2D eigenvalue weighted by atomic mass is 32.1. The molecule has 5 nitrogen and oxygen atoms in total. The Balaban J connectivity index is 1.92. The molecular weight excluding hydrogens is 224 g/mol. The van der Waals surface area contributed by atoms with E-state index in [9.17, 15) is 4.79 Å². The van der Waals surface area contributed by atoms with Crippen molar-refractivity contribution in [1.82, 2.24) is 4.90 Å². The zero-order valence-corrected chi connectivity index (χ0v) is 9.56. The van der Waals surface area contributed by atoms with Crippen LogP contribution in [0, 0.1) is 5.92 Å². The van der Waals surface area contributed by atoms with Gasteiger partial charge in [-0.2, -0.15) is 11.3 Å². The molecule has 0 N–H and O–H groups in total. The molecule has 0 radical (unpaired) electrons. The summed E-state index contributed by atoms with van der Waals surface area (Å²) in [5.74, 6) is 0.339. The Bertz CT molecular complexity index is 410. The Hall–Kier alpha value is -1.52. The van der Waals surface area contributed by atoms with Gasteiger partial charge in [-0.1, -0.05) is 5.11 Å². The molecule has 1 atom stereocenters. The van der Waals surface area contributed by atoms with Crippen LogP contribution in [0.5, 0.6) is 0 Å². The van der Waals surface area contributed by atoms with Crippen LogP contribution in [0.3, 0.4) is 0 Å². The molecule has 0 aromatic carbocycles. The molecule has 1 amide bonds. The maximum absolute atomic E-state index is 11.7. The van der Waals surface area contributed by atoms with Crippen molar-refractivity contribution in [2.24, 2.45) is 11.0 Å². The third kappa shape index (κ3) is 2.53. The SMILES string of the molecule is [N-]=[N+]=NCC1CC(=O)N(Cc2ccsc2)C1. The largest absolute Gasteiger partial charge is 0.338 e. The molecule has 1 saturated heterocycles. The molecule has 16 heavy (non-hydrogen) atoms. The number of thiophene rings is 1. The van der Waals surface area contributed by atoms with E-state index in [1.165, 1.54) is 5.56 Å². The van der Waals surface area contributed by atoms with Crippen LogP contribution < -0.4 is 0 Å². The quantitative estimate of drug-likeness (QED) is 0.449. The van der Waals surface area contributed by atoms with E-state index in [2.05, 4.69) is 10.0 Å². The summed E-state index contributed by atoms with van der Waals surface area (Å²) in [6.07, 6.45) is 0.503. The molecule has 1 aliphatic heterocycles. The minimum atomic E-state index is 0.157. The van der Waals surface area contributed by atoms with Gasteiger partial charge >= 0.3 is 0 Å². The minimum absolute atomic E-state index is 0.157. The lowest BCUT2D eigenvalue weighted by molar-refractivity contribution is -0.128. The monoisotopic (exact) mass is 236 g/mol. The Morgan fingerprint density at radius 3 is 3.25 bits per heavy atom. The highest BCUT2D eigenvalue weighted by Gasteiger charge is 2.28. The van der Waals surface area contributed by atoms with Crippen molar-refractivity contribution >= 4 is 17.2 Å². The van der Waals surface area contributed by atoms with Gasteiger partial charge < -0.3 is 4.90 Å². The molecule has 6 heteroatoms. The van der Waals surface area contributed by atoms with E-state index in [1.807, 2.05) is 21.7 Å². The van der Waals surface area contributed by atoms with Crippen molar-refractivity contribution in [2.75, 3.05) is 13.1 Å². The molecule has 2 rings (SSSR count). The lowest BCUT2D eigenvalue weighted by atomic mass is 10.1. The number of carbonyl (C=O) groups excluding carboxylic acids is 1. The number of rotatable bonds is 4. The maximum atomic E-state index is 11.7. The predicted octanol–water partition coefficient (Wildman–Crippen LogP) is 2.41. The molecule has 2 heterocycles. The molecule has 1 fully saturated rings. The van der Waals surface area contributed by atoms with Gasteiger partial charge in [0.1, 0.15) is 0 Å². The summed E-state index contributed by atoms with van der Waals surface area (Å²) in [7, 11) is 0. The average Bonchev–Trinajstić information content (AvgIpc) is 2.87. The van der Waals surface area contributed by atoms with Gasteiger partial charge in [-0.3, -0.25) is 4.79 Å². The Kier molecular flexibility index (Phi) is 3.44. The normalized spacial score (nSPS) is 19.9. The number of likely N-dealkylation sites (tertiary alicyclic amines) is 1. The molecule has 1 aromatic heterocycles. The number of hydrogen-bond donors (Lipinski definition) is 0. The molecule has 0 saturated carbocycles. The van der Waals surface area contributed by atoms with Gasteiger partial charge in [0.25, 0.3) is 0 Å². The first-order valence-electron chi connectivity index (χ1n) is 5.09. The molecule has 1 unspecified atom stereocenters. The topological polar surface area (TPSA) is 69.1 Å². The summed E-state index contributed by atoms with van der Waals surface area (Å²) in [6, 6.07) is 2.03. The molecule has 84 valence electrons. The highest BCUT2D eigenvalue weighted by molar-refractivity contribution is 7.07. The molecule has 1 aromatic rings. The molecule has 0 aliphatic carbocycles. The van der Waals surface area contributed by atoms with Gasteiger partial charge in [0.2, 0.25) is 5.91 Å². The zero-order chi connectivity index (χ0) is 11.4. The van der Waals surface area contributed by atoms with Crippen LogP contribution in [-0.2, 0) is 11.3 Å². The summed E-state index contributed by atoms with van der Waals surface area (Å²) < 4.78 is 0. The predicted molar refractivity (Wildman–Crippen MR) is 61.9 cm³/mol. The maximum Gasteiger partial charge on any atom is 0.223 e. The van der Waals surface area contributed by atoms with Crippen molar-refractivity contribution in [1.29, 1.82) is 0 Å².